The van der Waals surface area contributed by atoms with Crippen molar-refractivity contribution in [2.75, 3.05) is 0 Å². The minimum atomic E-state index is -4.09. The first-order valence-corrected chi connectivity index (χ1v) is 11.0. The van der Waals surface area contributed by atoms with E-state index in [4.69, 9.17) is 0 Å². The number of hydrogen-bond acceptors (Lipinski definition) is 3. The lowest BCUT2D eigenvalue weighted by molar-refractivity contribution is 0.598. The Balaban J connectivity index is 2.27. The summed E-state index contributed by atoms with van der Waals surface area (Å²) < 4.78 is 43.4. The Morgan fingerprint density at radius 2 is 1.00 bits per heavy atom. The zero-order valence-electron chi connectivity index (χ0n) is 14.5. The molecule has 0 spiro atoms. The Morgan fingerprint density at radius 3 is 1.50 bits per heavy atom. The highest BCUT2D eigenvalue weighted by molar-refractivity contribution is 8.03. The summed E-state index contributed by atoms with van der Waals surface area (Å²) in [6, 6.07) is 21.8. The van der Waals surface area contributed by atoms with Crippen molar-refractivity contribution in [3.05, 3.63) is 90.0 Å². The lowest BCUT2D eigenvalue weighted by Gasteiger charge is -2.11. The molecule has 0 aliphatic carbocycles. The van der Waals surface area contributed by atoms with Gasteiger partial charge in [-0.05, 0) is 50.2 Å². The van der Waals surface area contributed by atoms with Crippen LogP contribution in [0.5, 0.6) is 0 Å². The maximum Gasteiger partial charge on any atom is 0.290 e. The van der Waals surface area contributed by atoms with E-state index >= 15 is 0 Å². The van der Waals surface area contributed by atoms with Gasteiger partial charge < -0.3 is 0 Å². The summed E-state index contributed by atoms with van der Waals surface area (Å²) in [5.74, 6) is 0. The maximum atomic E-state index is 13.8. The van der Waals surface area contributed by atoms with Crippen LogP contribution >= 0.6 is 0 Å². The van der Waals surface area contributed by atoms with E-state index in [2.05, 4.69) is 3.77 Å². The molecule has 1 atom stereocenters. The fourth-order valence-electron chi connectivity index (χ4n) is 2.44. The molecule has 3 rings (SSSR count). The molecular weight excluding hydrogens is 366 g/mol. The molecule has 6 heteroatoms. The van der Waals surface area contributed by atoms with E-state index in [0.29, 0.717) is 9.79 Å². The Bertz CT molecular complexity index is 1130. The van der Waals surface area contributed by atoms with Gasteiger partial charge in [-0.2, -0.15) is 8.42 Å². The number of nitrogens with zero attached hydrogens (tertiary/aromatic N) is 1. The molecule has 4 nitrogen and oxygen atoms in total. The molecule has 0 heterocycles. The van der Waals surface area contributed by atoms with Crippen LogP contribution in [0.3, 0.4) is 0 Å². The summed E-state index contributed by atoms with van der Waals surface area (Å²) in [5, 5.41) is 0. The predicted octanol–water partition coefficient (Wildman–Crippen LogP) is 4.58. The zero-order valence-corrected chi connectivity index (χ0v) is 16.1. The van der Waals surface area contributed by atoms with E-state index in [9.17, 15) is 12.6 Å². The quantitative estimate of drug-likeness (QED) is 0.660. The minimum Gasteiger partial charge on any atom is -0.239 e. The van der Waals surface area contributed by atoms with E-state index in [1.807, 2.05) is 13.8 Å². The van der Waals surface area contributed by atoms with Gasteiger partial charge in [0.25, 0.3) is 10.0 Å². The Hall–Kier alpha value is -2.44. The van der Waals surface area contributed by atoms with Gasteiger partial charge in [0.1, 0.15) is 9.73 Å². The highest BCUT2D eigenvalue weighted by atomic mass is 32.3. The zero-order chi connectivity index (χ0) is 18.8. The van der Waals surface area contributed by atoms with Gasteiger partial charge in [-0.3, -0.25) is 0 Å². The molecule has 0 saturated carbocycles. The average molecular weight is 386 g/mol. The second kappa shape index (κ2) is 7.05. The number of sulfonamides is 1. The van der Waals surface area contributed by atoms with Crippen LogP contribution in [0.4, 0.5) is 0 Å². The van der Waals surface area contributed by atoms with Crippen molar-refractivity contribution in [1.29, 1.82) is 0 Å². The molecule has 0 N–H and O–H groups in total. The third-order valence-corrected chi connectivity index (χ3v) is 8.24. The fraction of sp³-hybridized carbons (Fsp3) is 0.100. The summed E-state index contributed by atoms with van der Waals surface area (Å²) in [6.45, 7) is 3.78. The molecule has 0 aliphatic heterocycles. The summed E-state index contributed by atoms with van der Waals surface area (Å²) in [5.41, 5.74) is 1.93. The molecule has 0 radical (unpaired) electrons. The molecule has 0 aromatic heterocycles. The first kappa shape index (κ1) is 18.4. The van der Waals surface area contributed by atoms with Crippen molar-refractivity contribution in [3.8, 4) is 0 Å². The molecule has 3 aromatic carbocycles. The van der Waals surface area contributed by atoms with E-state index < -0.39 is 19.8 Å². The van der Waals surface area contributed by atoms with Gasteiger partial charge in [0.05, 0.1) is 14.7 Å². The van der Waals surface area contributed by atoms with Crippen molar-refractivity contribution >= 4 is 19.8 Å². The van der Waals surface area contributed by atoms with Gasteiger partial charge in [0.15, 0.2) is 0 Å². The van der Waals surface area contributed by atoms with Crippen LogP contribution in [-0.2, 0) is 19.8 Å². The monoisotopic (exact) mass is 385 g/mol. The molecule has 0 unspecified atom stereocenters. The van der Waals surface area contributed by atoms with Crippen molar-refractivity contribution in [3.63, 3.8) is 0 Å². The second-order valence-electron chi connectivity index (χ2n) is 6.01. The Labute approximate surface area is 154 Å². The standard InChI is InChI=1S/C20H19NO3S2/c1-16-8-12-19(13-9-16)25(22,18-6-4-3-5-7-18)21-26(23,24)20-14-10-17(2)11-15-20/h3-15H,1-2H3/t25-/m0/s1. The maximum absolute atomic E-state index is 13.8. The first-order chi connectivity index (χ1) is 12.3. The van der Waals surface area contributed by atoms with Gasteiger partial charge in [0.2, 0.25) is 0 Å². The summed E-state index contributed by atoms with van der Waals surface area (Å²) in [7, 11) is -7.43. The third kappa shape index (κ3) is 3.71. The molecular formula is C20H19NO3S2. The van der Waals surface area contributed by atoms with E-state index in [0.717, 1.165) is 11.1 Å². The highest BCUT2D eigenvalue weighted by Crippen LogP contribution is 2.27. The van der Waals surface area contributed by atoms with E-state index in [1.54, 1.807) is 66.7 Å². The van der Waals surface area contributed by atoms with Gasteiger partial charge in [-0.1, -0.05) is 57.4 Å². The molecule has 0 bridgehead atoms. The van der Waals surface area contributed by atoms with Crippen LogP contribution in [0, 0.1) is 13.8 Å². The fourth-order valence-corrected chi connectivity index (χ4v) is 6.36. The smallest absolute Gasteiger partial charge is 0.239 e. The molecule has 0 fully saturated rings. The summed E-state index contributed by atoms with van der Waals surface area (Å²) in [6.07, 6.45) is 0. The SMILES string of the molecule is Cc1ccc(S(=O)(=O)N=[S@](=O)(c2ccccc2)c2ccc(C)cc2)cc1. The number of benzene rings is 3. The highest BCUT2D eigenvalue weighted by Gasteiger charge is 2.22. The van der Waals surface area contributed by atoms with E-state index in [-0.39, 0.29) is 4.90 Å². The van der Waals surface area contributed by atoms with Crippen molar-refractivity contribution in [2.45, 2.75) is 28.5 Å². The van der Waals surface area contributed by atoms with Gasteiger partial charge in [-0.25, -0.2) is 4.21 Å². The van der Waals surface area contributed by atoms with E-state index in [1.165, 1.54) is 12.1 Å². The number of aryl methyl sites for hydroxylation is 2. The lowest BCUT2D eigenvalue weighted by atomic mass is 10.2. The number of rotatable bonds is 4. The second-order valence-corrected chi connectivity index (χ2v) is 10.0. The normalized spacial score (nSPS) is 13.8. The van der Waals surface area contributed by atoms with Crippen LogP contribution in [0.25, 0.3) is 0 Å². The van der Waals surface area contributed by atoms with Crippen molar-refractivity contribution < 1.29 is 12.6 Å². The summed E-state index contributed by atoms with van der Waals surface area (Å²) in [4.78, 5) is 0.753. The van der Waals surface area contributed by atoms with Crippen LogP contribution < -0.4 is 0 Å². The van der Waals surface area contributed by atoms with Crippen LogP contribution in [0.1, 0.15) is 11.1 Å². The van der Waals surface area contributed by atoms with Crippen LogP contribution in [0.2, 0.25) is 0 Å². The molecule has 134 valence electrons. The van der Waals surface area contributed by atoms with Crippen LogP contribution in [-0.4, -0.2) is 12.6 Å². The van der Waals surface area contributed by atoms with Crippen molar-refractivity contribution in [1.82, 2.24) is 0 Å². The molecule has 0 aliphatic rings. The predicted molar refractivity (Wildman–Crippen MR) is 103 cm³/mol. The van der Waals surface area contributed by atoms with Crippen molar-refractivity contribution in [2.24, 2.45) is 3.77 Å². The van der Waals surface area contributed by atoms with Crippen LogP contribution in [0.15, 0.2) is 97.3 Å². The first-order valence-electron chi connectivity index (χ1n) is 8.03. The Kier molecular flexibility index (Phi) is 4.98. The lowest BCUT2D eigenvalue weighted by Crippen LogP contribution is -2.07. The third-order valence-electron chi connectivity index (χ3n) is 3.93. The average Bonchev–Trinajstić information content (AvgIpc) is 2.63. The number of hydrogen-bond donors (Lipinski definition) is 0. The topological polar surface area (TPSA) is 63.6 Å². The molecule has 0 saturated heterocycles. The Morgan fingerprint density at radius 1 is 0.577 bits per heavy atom. The van der Waals surface area contributed by atoms with Gasteiger partial charge >= 0.3 is 0 Å². The summed E-state index contributed by atoms with van der Waals surface area (Å²) >= 11 is 0. The molecule has 26 heavy (non-hydrogen) atoms. The van der Waals surface area contributed by atoms with Gasteiger partial charge in [0, 0.05) is 0 Å². The molecule has 3 aromatic rings. The minimum absolute atomic E-state index is 0.0267. The van der Waals surface area contributed by atoms with Gasteiger partial charge in [-0.15, -0.1) is 0 Å². The largest absolute Gasteiger partial charge is 0.290 e. The molecule has 0 amide bonds.